The largest absolute Gasteiger partial charge is 0.481 e. The number of carbonyl (C=O) groups excluding carboxylic acids is 1. The number of nitrogens with zero attached hydrogens (tertiary/aromatic N) is 2. The summed E-state index contributed by atoms with van der Waals surface area (Å²) in [4.78, 5) is 31.1. The van der Waals surface area contributed by atoms with Crippen LogP contribution >= 0.6 is 0 Å². The summed E-state index contributed by atoms with van der Waals surface area (Å²) >= 11 is 0. The van der Waals surface area contributed by atoms with Gasteiger partial charge in [-0.3, -0.25) is 9.59 Å². The Hall–Kier alpha value is -3.14. The summed E-state index contributed by atoms with van der Waals surface area (Å²) in [6, 6.07) is 10.7. The van der Waals surface area contributed by atoms with E-state index in [0.29, 0.717) is 56.3 Å². The minimum atomic E-state index is -4.24. The fraction of sp³-hybridized carbons (Fsp3) is 0.552. The molecule has 0 atom stereocenters. The third-order valence-electron chi connectivity index (χ3n) is 8.56. The maximum Gasteiger partial charge on any atom is 0.309 e. The summed E-state index contributed by atoms with van der Waals surface area (Å²) in [6.07, 6.45) is 7.49. The van der Waals surface area contributed by atoms with Crippen LogP contribution in [-0.2, 0) is 19.6 Å². The van der Waals surface area contributed by atoms with Crippen LogP contribution in [0.5, 0.6) is 5.75 Å². The van der Waals surface area contributed by atoms with Crippen LogP contribution in [0.1, 0.15) is 81.8 Å². The monoisotopic (exact) mass is 555 g/mol. The van der Waals surface area contributed by atoms with Crippen molar-refractivity contribution in [3.63, 3.8) is 0 Å². The van der Waals surface area contributed by atoms with Gasteiger partial charge in [0, 0.05) is 25.9 Å². The molecule has 9 nitrogen and oxygen atoms in total. The number of ether oxygens (including phenoxy) is 1. The highest BCUT2D eigenvalue weighted by Crippen LogP contribution is 2.45. The van der Waals surface area contributed by atoms with Crippen molar-refractivity contribution in [1.29, 1.82) is 0 Å². The van der Waals surface area contributed by atoms with E-state index in [0.717, 1.165) is 24.0 Å². The Bertz CT molecular complexity index is 1360. The van der Waals surface area contributed by atoms with Crippen molar-refractivity contribution in [2.75, 3.05) is 18.0 Å². The first kappa shape index (κ1) is 27.4. The number of amides is 1. The average molecular weight is 556 g/mol. The van der Waals surface area contributed by atoms with Gasteiger partial charge in [0.05, 0.1) is 5.41 Å². The van der Waals surface area contributed by atoms with Crippen LogP contribution in [0.15, 0.2) is 41.4 Å². The summed E-state index contributed by atoms with van der Waals surface area (Å²) in [5.74, 6) is -0.0208. The van der Waals surface area contributed by atoms with Crippen LogP contribution in [0, 0.1) is 12.3 Å². The molecule has 0 spiro atoms. The molecule has 2 N–H and O–H groups in total. The number of rotatable bonds is 8. The molecule has 210 valence electrons. The number of carbonyl (C=O) groups is 2. The fourth-order valence-electron chi connectivity index (χ4n) is 5.62. The first-order valence-electron chi connectivity index (χ1n) is 13.8. The summed E-state index contributed by atoms with van der Waals surface area (Å²) in [6.45, 7) is 4.59. The first-order chi connectivity index (χ1) is 18.5. The average Bonchev–Trinajstić information content (AvgIpc) is 3.70. The molecule has 1 aromatic heterocycles. The van der Waals surface area contributed by atoms with E-state index in [-0.39, 0.29) is 5.03 Å². The maximum atomic E-state index is 13.3. The maximum absolute atomic E-state index is 13.3. The van der Waals surface area contributed by atoms with E-state index in [1.165, 1.54) is 25.3 Å². The molecule has 10 heteroatoms. The van der Waals surface area contributed by atoms with Crippen molar-refractivity contribution in [2.24, 2.45) is 5.41 Å². The number of aliphatic carboxylic acids is 1. The molecule has 0 bridgehead atoms. The zero-order valence-electron chi connectivity index (χ0n) is 22.6. The van der Waals surface area contributed by atoms with Crippen LogP contribution in [0.3, 0.4) is 0 Å². The lowest BCUT2D eigenvalue weighted by atomic mass is 9.80. The molecule has 5 rings (SSSR count). The number of pyridine rings is 1. The van der Waals surface area contributed by atoms with Gasteiger partial charge in [0.15, 0.2) is 10.6 Å². The second kappa shape index (κ2) is 10.4. The van der Waals surface area contributed by atoms with Crippen LogP contribution in [0.4, 0.5) is 5.82 Å². The van der Waals surface area contributed by atoms with E-state index >= 15 is 0 Å². The molecule has 1 aromatic carbocycles. The van der Waals surface area contributed by atoms with E-state index in [4.69, 9.17) is 4.74 Å². The SMILES string of the molecule is Cc1ccc(C2CCCCC2)c(OC2(C(=O)NS(=O)(=O)c3cccc(N4CCC(C)(C(=O)O)CC4)n3)CC2)c1. The Morgan fingerprint density at radius 2 is 1.74 bits per heavy atom. The van der Waals surface area contributed by atoms with E-state index < -0.39 is 32.9 Å². The Balaban J connectivity index is 1.30. The van der Waals surface area contributed by atoms with E-state index in [9.17, 15) is 23.1 Å². The van der Waals surface area contributed by atoms with Crippen molar-refractivity contribution in [2.45, 2.75) is 88.2 Å². The highest BCUT2D eigenvalue weighted by molar-refractivity contribution is 7.90. The molecule has 0 radical (unpaired) electrons. The molecule has 2 saturated carbocycles. The Labute approximate surface area is 230 Å². The highest BCUT2D eigenvalue weighted by Gasteiger charge is 2.54. The van der Waals surface area contributed by atoms with Gasteiger partial charge in [-0.05, 0) is 74.8 Å². The molecule has 3 aliphatic rings. The number of aromatic nitrogens is 1. The number of aryl methyl sites for hydroxylation is 1. The number of benzene rings is 1. The summed E-state index contributed by atoms with van der Waals surface area (Å²) in [5, 5.41) is 9.23. The molecule has 3 fully saturated rings. The fourth-order valence-corrected chi connectivity index (χ4v) is 6.63. The van der Waals surface area contributed by atoms with Gasteiger partial charge in [0.2, 0.25) is 0 Å². The Morgan fingerprint density at radius 3 is 2.38 bits per heavy atom. The van der Waals surface area contributed by atoms with Crippen LogP contribution in [0.25, 0.3) is 0 Å². The standard InChI is InChI=1S/C29H37N3O6S/c1-20-11-12-22(21-7-4-3-5-8-21)23(19-20)38-29(13-14-29)26(33)31-39(36,37)25-10-6-9-24(30-25)32-17-15-28(2,16-18-32)27(34)35/h6,9-12,19,21H,3-5,7-8,13-18H2,1-2H3,(H,31,33)(H,34,35). The summed E-state index contributed by atoms with van der Waals surface area (Å²) in [5.41, 5.74) is 0.102. The van der Waals surface area contributed by atoms with Gasteiger partial charge >= 0.3 is 5.97 Å². The number of piperidine rings is 1. The number of carboxylic acid groups (broad SMARTS) is 1. The molecular weight excluding hydrogens is 518 g/mol. The van der Waals surface area contributed by atoms with E-state index in [1.54, 1.807) is 19.1 Å². The van der Waals surface area contributed by atoms with Gasteiger partial charge in [0.25, 0.3) is 15.9 Å². The van der Waals surface area contributed by atoms with Crippen molar-refractivity contribution >= 4 is 27.7 Å². The molecule has 1 saturated heterocycles. The quantitative estimate of drug-likeness (QED) is 0.486. The molecule has 2 aliphatic carbocycles. The van der Waals surface area contributed by atoms with Gasteiger partial charge in [-0.1, -0.05) is 37.5 Å². The smallest absolute Gasteiger partial charge is 0.309 e. The minimum absolute atomic E-state index is 0.255. The minimum Gasteiger partial charge on any atom is -0.481 e. The number of nitrogens with one attached hydrogen (secondary N) is 1. The molecule has 39 heavy (non-hydrogen) atoms. The number of carboxylic acids is 1. The van der Waals surface area contributed by atoms with Crippen LogP contribution < -0.4 is 14.4 Å². The summed E-state index contributed by atoms with van der Waals surface area (Å²) in [7, 11) is -4.24. The van der Waals surface area contributed by atoms with Gasteiger partial charge < -0.3 is 14.7 Å². The molecule has 2 heterocycles. The summed E-state index contributed by atoms with van der Waals surface area (Å²) < 4.78 is 35.0. The molecule has 1 aliphatic heterocycles. The van der Waals surface area contributed by atoms with Crippen molar-refractivity contribution in [3.8, 4) is 5.75 Å². The zero-order chi connectivity index (χ0) is 27.8. The number of hydrogen-bond acceptors (Lipinski definition) is 7. The van der Waals surface area contributed by atoms with Gasteiger partial charge in [-0.2, -0.15) is 8.42 Å². The van der Waals surface area contributed by atoms with Crippen molar-refractivity contribution < 1.29 is 27.9 Å². The second-order valence-corrected chi connectivity index (χ2v) is 13.2. The van der Waals surface area contributed by atoms with Crippen LogP contribution in [-0.4, -0.2) is 49.1 Å². The Kier molecular flexibility index (Phi) is 7.35. The number of sulfonamides is 1. The third kappa shape index (κ3) is 5.76. The predicted octanol–water partition coefficient (Wildman–Crippen LogP) is 4.55. The number of anilines is 1. The molecule has 0 unspecified atom stereocenters. The molecule has 1 amide bonds. The second-order valence-electron chi connectivity index (χ2n) is 11.6. The van der Waals surface area contributed by atoms with Crippen molar-refractivity contribution in [3.05, 3.63) is 47.5 Å². The van der Waals surface area contributed by atoms with Gasteiger partial charge in [-0.15, -0.1) is 0 Å². The van der Waals surface area contributed by atoms with E-state index in [2.05, 4.69) is 21.8 Å². The van der Waals surface area contributed by atoms with Gasteiger partial charge in [-0.25, -0.2) is 9.71 Å². The van der Waals surface area contributed by atoms with Crippen LogP contribution in [0.2, 0.25) is 0 Å². The van der Waals surface area contributed by atoms with E-state index in [1.807, 2.05) is 17.9 Å². The lowest BCUT2D eigenvalue weighted by Crippen LogP contribution is -2.44. The third-order valence-corrected chi connectivity index (χ3v) is 9.79. The highest BCUT2D eigenvalue weighted by atomic mass is 32.2. The van der Waals surface area contributed by atoms with Gasteiger partial charge in [0.1, 0.15) is 11.6 Å². The number of hydrogen-bond donors (Lipinski definition) is 2. The first-order valence-corrected chi connectivity index (χ1v) is 15.3. The van der Waals surface area contributed by atoms with Crippen molar-refractivity contribution in [1.82, 2.24) is 9.71 Å². The molecule has 2 aromatic rings. The zero-order valence-corrected chi connectivity index (χ0v) is 23.4. The topological polar surface area (TPSA) is 126 Å². The predicted molar refractivity (Wildman–Crippen MR) is 146 cm³/mol. The normalized spacial score (nSPS) is 20.7. The Morgan fingerprint density at radius 1 is 1.05 bits per heavy atom. The lowest BCUT2D eigenvalue weighted by molar-refractivity contribution is -0.149. The molecular formula is C29H37N3O6S. The lowest BCUT2D eigenvalue weighted by Gasteiger charge is -2.37.